The molecule has 3 unspecified atom stereocenters. The molecular weight excluding hydrogens is 242 g/mol. The van der Waals surface area contributed by atoms with E-state index in [0.717, 1.165) is 19.1 Å². The monoisotopic (exact) mass is 267 g/mol. The van der Waals surface area contributed by atoms with Crippen molar-refractivity contribution in [3.63, 3.8) is 0 Å². The van der Waals surface area contributed by atoms with Crippen molar-refractivity contribution in [3.8, 4) is 0 Å². The predicted molar refractivity (Wildman–Crippen MR) is 78.3 cm³/mol. The average Bonchev–Trinajstić information content (AvgIpc) is 2.86. The molecule has 1 saturated heterocycles. The van der Waals surface area contributed by atoms with E-state index in [1.165, 1.54) is 24.4 Å². The summed E-state index contributed by atoms with van der Waals surface area (Å²) >= 11 is 1.78. The van der Waals surface area contributed by atoms with Crippen LogP contribution in [0.4, 0.5) is 0 Å². The SMILES string of the molecule is CCNC1CCN(CC(C)c2nccs2)C(C)C1. The Morgan fingerprint density at radius 3 is 3.06 bits per heavy atom. The molecule has 2 heterocycles. The minimum Gasteiger partial charge on any atom is -0.314 e. The number of nitrogens with one attached hydrogen (secondary N) is 1. The number of hydrogen-bond donors (Lipinski definition) is 1. The first-order valence-electron chi connectivity index (χ1n) is 7.07. The van der Waals surface area contributed by atoms with E-state index in [-0.39, 0.29) is 0 Å². The molecule has 0 aromatic carbocycles. The van der Waals surface area contributed by atoms with Gasteiger partial charge in [0.25, 0.3) is 0 Å². The van der Waals surface area contributed by atoms with Crippen LogP contribution >= 0.6 is 11.3 Å². The lowest BCUT2D eigenvalue weighted by Crippen LogP contribution is -2.48. The van der Waals surface area contributed by atoms with E-state index in [1.54, 1.807) is 11.3 Å². The van der Waals surface area contributed by atoms with E-state index in [0.29, 0.717) is 12.0 Å². The molecule has 1 fully saturated rings. The summed E-state index contributed by atoms with van der Waals surface area (Å²) in [6, 6.07) is 1.40. The van der Waals surface area contributed by atoms with Crippen LogP contribution in [0, 0.1) is 0 Å². The molecule has 0 radical (unpaired) electrons. The first kappa shape index (κ1) is 14.0. The predicted octanol–water partition coefficient (Wildman–Crippen LogP) is 2.71. The molecule has 1 N–H and O–H groups in total. The highest BCUT2D eigenvalue weighted by Gasteiger charge is 2.26. The average molecular weight is 267 g/mol. The van der Waals surface area contributed by atoms with Gasteiger partial charge in [-0.2, -0.15) is 0 Å². The molecule has 1 aromatic rings. The van der Waals surface area contributed by atoms with Crippen LogP contribution in [0.3, 0.4) is 0 Å². The number of rotatable bonds is 5. The number of thiazole rings is 1. The Hall–Kier alpha value is -0.450. The minimum atomic E-state index is 0.558. The van der Waals surface area contributed by atoms with Gasteiger partial charge in [-0.15, -0.1) is 11.3 Å². The number of likely N-dealkylation sites (tertiary alicyclic amines) is 1. The molecule has 3 nitrogen and oxygen atoms in total. The Balaban J connectivity index is 1.84. The Bertz CT molecular complexity index is 339. The zero-order valence-corrected chi connectivity index (χ0v) is 12.5. The Labute approximate surface area is 115 Å². The lowest BCUT2D eigenvalue weighted by molar-refractivity contribution is 0.130. The maximum atomic E-state index is 4.43. The molecule has 4 heteroatoms. The maximum Gasteiger partial charge on any atom is 0.0965 e. The third-order valence-corrected chi connectivity index (χ3v) is 4.89. The summed E-state index contributed by atoms with van der Waals surface area (Å²) in [6.07, 6.45) is 4.47. The summed E-state index contributed by atoms with van der Waals surface area (Å²) in [4.78, 5) is 7.06. The van der Waals surface area contributed by atoms with E-state index >= 15 is 0 Å². The van der Waals surface area contributed by atoms with Gasteiger partial charge in [0.05, 0.1) is 5.01 Å². The van der Waals surface area contributed by atoms with Gasteiger partial charge in [-0.25, -0.2) is 4.98 Å². The molecule has 0 aliphatic carbocycles. The quantitative estimate of drug-likeness (QED) is 0.889. The largest absolute Gasteiger partial charge is 0.314 e. The van der Waals surface area contributed by atoms with Gasteiger partial charge in [-0.05, 0) is 32.9 Å². The molecule has 102 valence electrons. The molecule has 0 bridgehead atoms. The van der Waals surface area contributed by atoms with Crippen LogP contribution in [0.1, 0.15) is 44.5 Å². The maximum absolute atomic E-state index is 4.43. The van der Waals surface area contributed by atoms with Crippen LogP contribution < -0.4 is 5.32 Å². The molecular formula is C14H25N3S. The van der Waals surface area contributed by atoms with Crippen LogP contribution in [0.5, 0.6) is 0 Å². The highest BCUT2D eigenvalue weighted by Crippen LogP contribution is 2.23. The van der Waals surface area contributed by atoms with Crippen molar-refractivity contribution in [2.45, 2.75) is 51.6 Å². The number of piperidine rings is 1. The van der Waals surface area contributed by atoms with Crippen molar-refractivity contribution < 1.29 is 0 Å². The summed E-state index contributed by atoms with van der Waals surface area (Å²) in [5.74, 6) is 0.558. The van der Waals surface area contributed by atoms with E-state index < -0.39 is 0 Å². The van der Waals surface area contributed by atoms with Gasteiger partial charge in [-0.3, -0.25) is 4.90 Å². The second-order valence-corrected chi connectivity index (χ2v) is 6.32. The van der Waals surface area contributed by atoms with E-state index in [9.17, 15) is 0 Å². The second-order valence-electron chi connectivity index (χ2n) is 5.39. The second kappa shape index (κ2) is 6.64. The van der Waals surface area contributed by atoms with E-state index in [4.69, 9.17) is 0 Å². The zero-order chi connectivity index (χ0) is 13.0. The third-order valence-electron chi connectivity index (χ3n) is 3.89. The van der Waals surface area contributed by atoms with Crippen molar-refractivity contribution >= 4 is 11.3 Å². The Morgan fingerprint density at radius 2 is 2.44 bits per heavy atom. The normalized spacial score (nSPS) is 27.3. The minimum absolute atomic E-state index is 0.558. The van der Waals surface area contributed by atoms with Crippen LogP contribution in [-0.2, 0) is 0 Å². The molecule has 0 saturated carbocycles. The first-order chi connectivity index (χ1) is 8.70. The van der Waals surface area contributed by atoms with Crippen molar-refractivity contribution in [3.05, 3.63) is 16.6 Å². The fourth-order valence-corrected chi connectivity index (χ4v) is 3.56. The number of aromatic nitrogens is 1. The van der Waals surface area contributed by atoms with Gasteiger partial charge in [-0.1, -0.05) is 13.8 Å². The molecule has 1 aliphatic rings. The van der Waals surface area contributed by atoms with E-state index in [1.807, 2.05) is 6.20 Å². The van der Waals surface area contributed by atoms with Gasteiger partial charge in [0.1, 0.15) is 0 Å². The summed E-state index contributed by atoms with van der Waals surface area (Å²) < 4.78 is 0. The van der Waals surface area contributed by atoms with Crippen molar-refractivity contribution in [2.75, 3.05) is 19.6 Å². The molecule has 1 aliphatic heterocycles. The Morgan fingerprint density at radius 1 is 1.61 bits per heavy atom. The first-order valence-corrected chi connectivity index (χ1v) is 7.95. The molecule has 18 heavy (non-hydrogen) atoms. The third kappa shape index (κ3) is 3.53. The van der Waals surface area contributed by atoms with Crippen molar-refractivity contribution in [2.24, 2.45) is 0 Å². The highest BCUT2D eigenvalue weighted by atomic mass is 32.1. The summed E-state index contributed by atoms with van der Waals surface area (Å²) in [7, 11) is 0. The number of nitrogens with zero attached hydrogens (tertiary/aromatic N) is 2. The summed E-state index contributed by atoms with van der Waals surface area (Å²) in [5, 5.41) is 6.93. The van der Waals surface area contributed by atoms with E-state index in [2.05, 4.69) is 41.4 Å². The van der Waals surface area contributed by atoms with Crippen LogP contribution in [0.2, 0.25) is 0 Å². The fraction of sp³-hybridized carbons (Fsp3) is 0.786. The molecule has 2 rings (SSSR count). The lowest BCUT2D eigenvalue weighted by atomic mass is 9.97. The highest BCUT2D eigenvalue weighted by molar-refractivity contribution is 7.09. The lowest BCUT2D eigenvalue weighted by Gasteiger charge is -2.39. The van der Waals surface area contributed by atoms with Gasteiger partial charge in [0.15, 0.2) is 0 Å². The summed E-state index contributed by atoms with van der Waals surface area (Å²) in [5.41, 5.74) is 0. The Kier molecular flexibility index (Phi) is 5.15. The fourth-order valence-electron chi connectivity index (χ4n) is 2.87. The van der Waals surface area contributed by atoms with Gasteiger partial charge >= 0.3 is 0 Å². The zero-order valence-electron chi connectivity index (χ0n) is 11.7. The van der Waals surface area contributed by atoms with Crippen LogP contribution in [0.25, 0.3) is 0 Å². The van der Waals surface area contributed by atoms with Gasteiger partial charge in [0, 0.05) is 36.1 Å². The van der Waals surface area contributed by atoms with Crippen LogP contribution in [0.15, 0.2) is 11.6 Å². The van der Waals surface area contributed by atoms with Crippen molar-refractivity contribution in [1.82, 2.24) is 15.2 Å². The van der Waals surface area contributed by atoms with Gasteiger partial charge in [0.2, 0.25) is 0 Å². The molecule has 1 aromatic heterocycles. The summed E-state index contributed by atoms with van der Waals surface area (Å²) in [6.45, 7) is 10.3. The molecule has 0 amide bonds. The standard InChI is InChI=1S/C14H25N3S/c1-4-15-13-5-7-17(12(3)9-13)10-11(2)14-16-6-8-18-14/h6,8,11-13,15H,4-5,7,9-10H2,1-3H3. The van der Waals surface area contributed by atoms with Crippen molar-refractivity contribution in [1.29, 1.82) is 0 Å². The smallest absolute Gasteiger partial charge is 0.0965 e. The number of hydrogen-bond acceptors (Lipinski definition) is 4. The molecule has 0 spiro atoms. The van der Waals surface area contributed by atoms with Gasteiger partial charge < -0.3 is 5.32 Å². The van der Waals surface area contributed by atoms with Crippen LogP contribution in [-0.4, -0.2) is 41.6 Å². The molecule has 3 atom stereocenters. The topological polar surface area (TPSA) is 28.2 Å².